The number of rotatable bonds is 1. The first kappa shape index (κ1) is 10.0. The van der Waals surface area contributed by atoms with E-state index < -0.39 is 0 Å². The zero-order chi connectivity index (χ0) is 9.35. The van der Waals surface area contributed by atoms with Gasteiger partial charge in [-0.05, 0) is 32.6 Å². The number of hydrogen-bond donors (Lipinski definition) is 0. The van der Waals surface area contributed by atoms with E-state index in [1.165, 1.54) is 0 Å². The minimum Gasteiger partial charge on any atom is -0.299 e. The predicted octanol–water partition coefficient (Wildman–Crippen LogP) is 3.01. The lowest BCUT2D eigenvalue weighted by molar-refractivity contribution is -0.126. The van der Waals surface area contributed by atoms with E-state index in [-0.39, 0.29) is 10.8 Å². The molecule has 0 radical (unpaired) electrons. The number of carbonyl (C=O) groups is 1. The largest absolute Gasteiger partial charge is 0.299 e. The maximum Gasteiger partial charge on any atom is 0.137 e. The van der Waals surface area contributed by atoms with Crippen molar-refractivity contribution in [2.75, 3.05) is 0 Å². The Morgan fingerprint density at radius 3 is 2.42 bits per heavy atom. The van der Waals surface area contributed by atoms with E-state index in [2.05, 4.69) is 6.92 Å². The van der Waals surface area contributed by atoms with Gasteiger partial charge in [-0.1, -0.05) is 6.92 Å². The van der Waals surface area contributed by atoms with Crippen LogP contribution < -0.4 is 0 Å². The predicted molar refractivity (Wildman–Crippen MR) is 51.4 cm³/mol. The van der Waals surface area contributed by atoms with Crippen LogP contribution in [0.5, 0.6) is 0 Å². The van der Waals surface area contributed by atoms with E-state index in [0.717, 1.165) is 19.3 Å². The normalized spacial score (nSPS) is 32.2. The fourth-order valence-corrected chi connectivity index (χ4v) is 2.16. The van der Waals surface area contributed by atoms with Gasteiger partial charge in [-0.25, -0.2) is 0 Å². The van der Waals surface area contributed by atoms with Gasteiger partial charge in [0.05, 0.1) is 0 Å². The van der Waals surface area contributed by atoms with Crippen molar-refractivity contribution < 1.29 is 4.79 Å². The number of Topliss-reactive ketones (excluding diaryl/α,β-unsaturated/α-hetero) is 1. The van der Waals surface area contributed by atoms with E-state index in [0.29, 0.717) is 11.7 Å². The molecule has 0 N–H and O–H groups in total. The van der Waals surface area contributed by atoms with E-state index in [1.807, 2.05) is 13.8 Å². The molecular weight excluding hydrogens is 172 g/mol. The lowest BCUT2D eigenvalue weighted by atomic mass is 9.76. The molecule has 1 aliphatic rings. The molecule has 1 nitrogen and oxygen atoms in total. The van der Waals surface area contributed by atoms with Crippen LogP contribution in [0.15, 0.2) is 0 Å². The molecule has 1 rings (SSSR count). The number of carbonyl (C=O) groups excluding carboxylic acids is 1. The Labute approximate surface area is 79.5 Å². The number of ketones is 1. The molecule has 12 heavy (non-hydrogen) atoms. The van der Waals surface area contributed by atoms with Gasteiger partial charge in [0.2, 0.25) is 0 Å². The van der Waals surface area contributed by atoms with E-state index in [4.69, 9.17) is 11.6 Å². The third kappa shape index (κ3) is 2.22. The molecule has 0 aromatic rings. The van der Waals surface area contributed by atoms with Crippen molar-refractivity contribution in [3.63, 3.8) is 0 Å². The summed E-state index contributed by atoms with van der Waals surface area (Å²) in [5, 5.41) is 0. The maximum atomic E-state index is 11.6. The quantitative estimate of drug-likeness (QED) is 0.579. The highest BCUT2D eigenvalue weighted by atomic mass is 35.5. The second kappa shape index (κ2) is 3.37. The highest BCUT2D eigenvalue weighted by molar-refractivity contribution is 6.25. The Morgan fingerprint density at radius 1 is 1.42 bits per heavy atom. The Morgan fingerprint density at radius 2 is 2.00 bits per heavy atom. The van der Waals surface area contributed by atoms with Crippen molar-refractivity contribution in [1.82, 2.24) is 0 Å². The Balaban J connectivity index is 2.63. The monoisotopic (exact) mass is 188 g/mol. The molecule has 0 aromatic carbocycles. The standard InChI is InChI=1S/C10H17ClO/c1-7-4-5-8(9(12)6-7)10(2,3)11/h7-8H,4-6H2,1-3H3/t7-,8?/m1/s1. The van der Waals surface area contributed by atoms with Crippen molar-refractivity contribution in [3.05, 3.63) is 0 Å². The second-order valence-electron chi connectivity index (χ2n) is 4.47. The average molecular weight is 189 g/mol. The van der Waals surface area contributed by atoms with Crippen LogP contribution in [0, 0.1) is 11.8 Å². The zero-order valence-electron chi connectivity index (χ0n) is 8.06. The van der Waals surface area contributed by atoms with Crippen LogP contribution in [0.2, 0.25) is 0 Å². The maximum absolute atomic E-state index is 11.6. The van der Waals surface area contributed by atoms with E-state index >= 15 is 0 Å². The molecule has 1 aliphatic carbocycles. The smallest absolute Gasteiger partial charge is 0.137 e. The SMILES string of the molecule is C[C@@H]1CCC(C(C)(C)Cl)C(=O)C1. The molecule has 0 aromatic heterocycles. The van der Waals surface area contributed by atoms with Gasteiger partial charge in [-0.3, -0.25) is 4.79 Å². The van der Waals surface area contributed by atoms with Crippen LogP contribution >= 0.6 is 11.6 Å². The van der Waals surface area contributed by atoms with Crippen molar-refractivity contribution in [1.29, 1.82) is 0 Å². The molecule has 70 valence electrons. The Hall–Kier alpha value is -0.0400. The van der Waals surface area contributed by atoms with Crippen molar-refractivity contribution in [3.8, 4) is 0 Å². The van der Waals surface area contributed by atoms with Crippen molar-refractivity contribution in [2.24, 2.45) is 11.8 Å². The molecule has 1 unspecified atom stereocenters. The van der Waals surface area contributed by atoms with Gasteiger partial charge in [-0.2, -0.15) is 0 Å². The van der Waals surface area contributed by atoms with Crippen LogP contribution in [-0.2, 0) is 4.79 Å². The topological polar surface area (TPSA) is 17.1 Å². The molecule has 1 saturated carbocycles. The summed E-state index contributed by atoms with van der Waals surface area (Å²) >= 11 is 6.13. The van der Waals surface area contributed by atoms with E-state index in [1.54, 1.807) is 0 Å². The Bertz CT molecular complexity index is 181. The molecular formula is C10H17ClO. The fourth-order valence-electron chi connectivity index (χ4n) is 1.93. The van der Waals surface area contributed by atoms with Gasteiger partial charge in [-0.15, -0.1) is 11.6 Å². The zero-order valence-corrected chi connectivity index (χ0v) is 8.82. The molecule has 0 amide bonds. The summed E-state index contributed by atoms with van der Waals surface area (Å²) in [6.45, 7) is 6.01. The molecule has 0 saturated heterocycles. The minimum atomic E-state index is -0.350. The van der Waals surface area contributed by atoms with Gasteiger partial charge >= 0.3 is 0 Å². The summed E-state index contributed by atoms with van der Waals surface area (Å²) in [5.41, 5.74) is 0. The molecule has 0 bridgehead atoms. The minimum absolute atomic E-state index is 0.0790. The van der Waals surface area contributed by atoms with Gasteiger partial charge in [0.25, 0.3) is 0 Å². The number of hydrogen-bond acceptors (Lipinski definition) is 1. The lowest BCUT2D eigenvalue weighted by Gasteiger charge is -2.32. The first-order valence-electron chi connectivity index (χ1n) is 4.63. The fraction of sp³-hybridized carbons (Fsp3) is 0.900. The molecule has 0 aliphatic heterocycles. The molecule has 0 spiro atoms. The molecule has 2 atom stereocenters. The summed E-state index contributed by atoms with van der Waals surface area (Å²) < 4.78 is 0. The van der Waals surface area contributed by atoms with Gasteiger partial charge in [0.15, 0.2) is 0 Å². The third-order valence-electron chi connectivity index (χ3n) is 2.72. The van der Waals surface area contributed by atoms with Crippen LogP contribution in [0.1, 0.15) is 40.0 Å². The van der Waals surface area contributed by atoms with E-state index in [9.17, 15) is 4.79 Å². The first-order chi connectivity index (χ1) is 5.41. The third-order valence-corrected chi connectivity index (χ3v) is 2.98. The summed E-state index contributed by atoms with van der Waals surface area (Å²) in [6, 6.07) is 0. The van der Waals surface area contributed by atoms with Crippen LogP contribution in [0.4, 0.5) is 0 Å². The second-order valence-corrected chi connectivity index (χ2v) is 5.44. The van der Waals surface area contributed by atoms with Crippen LogP contribution in [0.25, 0.3) is 0 Å². The first-order valence-corrected chi connectivity index (χ1v) is 5.00. The highest BCUT2D eigenvalue weighted by Crippen LogP contribution is 2.36. The van der Waals surface area contributed by atoms with Gasteiger partial charge in [0.1, 0.15) is 5.78 Å². The number of alkyl halides is 1. The number of halogens is 1. The molecule has 2 heteroatoms. The van der Waals surface area contributed by atoms with Crippen LogP contribution in [-0.4, -0.2) is 10.7 Å². The van der Waals surface area contributed by atoms with Gasteiger partial charge < -0.3 is 0 Å². The summed E-state index contributed by atoms with van der Waals surface area (Å²) in [5.74, 6) is 0.997. The molecule has 1 fully saturated rings. The van der Waals surface area contributed by atoms with Crippen molar-refractivity contribution in [2.45, 2.75) is 44.9 Å². The Kier molecular flexibility index (Phi) is 2.82. The van der Waals surface area contributed by atoms with Gasteiger partial charge in [0, 0.05) is 17.2 Å². The molecule has 0 heterocycles. The average Bonchev–Trinajstić information content (AvgIpc) is 1.83. The van der Waals surface area contributed by atoms with Crippen molar-refractivity contribution >= 4 is 17.4 Å². The summed E-state index contributed by atoms with van der Waals surface area (Å²) in [7, 11) is 0. The summed E-state index contributed by atoms with van der Waals surface area (Å²) in [6.07, 6.45) is 2.84. The van der Waals surface area contributed by atoms with Crippen LogP contribution in [0.3, 0.4) is 0 Å². The summed E-state index contributed by atoms with van der Waals surface area (Å²) in [4.78, 5) is 11.2. The highest BCUT2D eigenvalue weighted by Gasteiger charge is 2.36. The lowest BCUT2D eigenvalue weighted by Crippen LogP contribution is -2.36.